The third kappa shape index (κ3) is 5.38. The van der Waals surface area contributed by atoms with Crippen molar-refractivity contribution in [2.24, 2.45) is 5.92 Å². The number of rotatable bonds is 8. The van der Waals surface area contributed by atoms with Crippen molar-refractivity contribution in [3.8, 4) is 0 Å². The van der Waals surface area contributed by atoms with Gasteiger partial charge in [0, 0.05) is 19.2 Å². The van der Waals surface area contributed by atoms with E-state index in [-0.39, 0.29) is 22.8 Å². The zero-order valence-electron chi connectivity index (χ0n) is 19.4. The van der Waals surface area contributed by atoms with E-state index in [4.69, 9.17) is 4.74 Å². The van der Waals surface area contributed by atoms with Crippen LogP contribution < -0.4 is 5.32 Å². The van der Waals surface area contributed by atoms with Crippen molar-refractivity contribution in [3.05, 3.63) is 66.0 Å². The molecular formula is C25H30N4O4S. The van der Waals surface area contributed by atoms with Gasteiger partial charge in [-0.05, 0) is 41.8 Å². The number of morpholine rings is 1. The van der Waals surface area contributed by atoms with Crippen LogP contribution in [0.1, 0.15) is 37.7 Å². The molecule has 2 atom stereocenters. The quantitative estimate of drug-likeness (QED) is 0.478. The number of H-pyrrole nitrogens is 1. The van der Waals surface area contributed by atoms with Gasteiger partial charge in [-0.2, -0.15) is 4.31 Å². The smallest absolute Gasteiger partial charge is 0.244 e. The van der Waals surface area contributed by atoms with E-state index in [1.165, 1.54) is 10.4 Å². The van der Waals surface area contributed by atoms with Crippen molar-refractivity contribution in [2.75, 3.05) is 26.3 Å². The first-order valence-corrected chi connectivity index (χ1v) is 12.9. The first-order valence-electron chi connectivity index (χ1n) is 11.5. The number of nitrogens with one attached hydrogen (secondary N) is 2. The van der Waals surface area contributed by atoms with Crippen LogP contribution in [0.25, 0.3) is 17.1 Å². The summed E-state index contributed by atoms with van der Waals surface area (Å²) in [6.07, 6.45) is 4.01. The van der Waals surface area contributed by atoms with Gasteiger partial charge in [-0.15, -0.1) is 0 Å². The molecule has 2 aromatic carbocycles. The summed E-state index contributed by atoms with van der Waals surface area (Å²) in [5.41, 5.74) is 2.53. The van der Waals surface area contributed by atoms with Crippen molar-refractivity contribution in [2.45, 2.75) is 31.2 Å². The monoisotopic (exact) mass is 482 g/mol. The molecule has 0 radical (unpaired) electrons. The maximum atomic E-state index is 12.8. The van der Waals surface area contributed by atoms with Gasteiger partial charge in [-0.25, -0.2) is 13.4 Å². The van der Waals surface area contributed by atoms with Crippen LogP contribution in [0.4, 0.5) is 0 Å². The predicted molar refractivity (Wildman–Crippen MR) is 131 cm³/mol. The van der Waals surface area contributed by atoms with E-state index in [1.54, 1.807) is 30.3 Å². The minimum Gasteiger partial charge on any atom is -0.379 e. The van der Waals surface area contributed by atoms with Crippen molar-refractivity contribution >= 4 is 33.0 Å². The summed E-state index contributed by atoms with van der Waals surface area (Å²) in [6, 6.07) is 14.1. The van der Waals surface area contributed by atoms with E-state index in [0.717, 1.165) is 28.8 Å². The fourth-order valence-electron chi connectivity index (χ4n) is 3.90. The van der Waals surface area contributed by atoms with Crippen molar-refractivity contribution in [1.29, 1.82) is 0 Å². The average Bonchev–Trinajstić information content (AvgIpc) is 3.30. The minimum absolute atomic E-state index is 0.183. The minimum atomic E-state index is -3.54. The lowest BCUT2D eigenvalue weighted by Gasteiger charge is -2.26. The molecule has 2 N–H and O–H groups in total. The molecule has 8 nitrogen and oxygen atoms in total. The highest BCUT2D eigenvalue weighted by Crippen LogP contribution is 2.25. The van der Waals surface area contributed by atoms with Crippen LogP contribution >= 0.6 is 0 Å². The van der Waals surface area contributed by atoms with Gasteiger partial charge in [0.2, 0.25) is 15.9 Å². The predicted octanol–water partition coefficient (Wildman–Crippen LogP) is 3.50. The van der Waals surface area contributed by atoms with Gasteiger partial charge < -0.3 is 15.0 Å². The van der Waals surface area contributed by atoms with Crippen LogP contribution in [0.2, 0.25) is 0 Å². The Hall–Kier alpha value is -3.01. The Labute approximate surface area is 200 Å². The molecule has 1 amide bonds. The Balaban J connectivity index is 1.44. The lowest BCUT2D eigenvalue weighted by molar-refractivity contribution is -0.117. The first kappa shape index (κ1) is 24.1. The van der Waals surface area contributed by atoms with E-state index >= 15 is 0 Å². The van der Waals surface area contributed by atoms with Crippen molar-refractivity contribution in [3.63, 3.8) is 0 Å². The number of aromatic amines is 1. The number of carbonyl (C=O) groups is 1. The van der Waals surface area contributed by atoms with Crippen molar-refractivity contribution < 1.29 is 17.9 Å². The maximum Gasteiger partial charge on any atom is 0.244 e. The van der Waals surface area contributed by atoms with E-state index in [1.807, 2.05) is 24.3 Å². The molecule has 1 aliphatic rings. The lowest BCUT2D eigenvalue weighted by Crippen LogP contribution is -2.40. The summed E-state index contributed by atoms with van der Waals surface area (Å²) in [5, 5.41) is 3.06. The number of benzene rings is 2. The molecule has 9 heteroatoms. The van der Waals surface area contributed by atoms with Crippen LogP contribution in [0.15, 0.2) is 59.5 Å². The average molecular weight is 483 g/mol. The Morgan fingerprint density at radius 3 is 2.56 bits per heavy atom. The highest BCUT2D eigenvalue weighted by molar-refractivity contribution is 7.89. The van der Waals surface area contributed by atoms with E-state index < -0.39 is 10.0 Å². The third-order valence-corrected chi connectivity index (χ3v) is 8.04. The highest BCUT2D eigenvalue weighted by Gasteiger charge is 2.26. The van der Waals surface area contributed by atoms with Gasteiger partial charge in [0.05, 0.1) is 35.2 Å². The molecule has 2 unspecified atom stereocenters. The van der Waals surface area contributed by atoms with Crippen molar-refractivity contribution in [1.82, 2.24) is 19.6 Å². The van der Waals surface area contributed by atoms with Crippen LogP contribution in [0.5, 0.6) is 0 Å². The second-order valence-electron chi connectivity index (χ2n) is 8.43. The molecule has 4 rings (SSSR count). The third-order valence-electron chi connectivity index (χ3n) is 6.13. The van der Waals surface area contributed by atoms with Crippen LogP contribution in [0.3, 0.4) is 0 Å². The second-order valence-corrected chi connectivity index (χ2v) is 10.4. The van der Waals surface area contributed by atoms with Gasteiger partial charge in [0.25, 0.3) is 0 Å². The van der Waals surface area contributed by atoms with Gasteiger partial charge in [0.1, 0.15) is 5.82 Å². The summed E-state index contributed by atoms with van der Waals surface area (Å²) in [6.45, 7) is 5.67. The number of carbonyl (C=O) groups excluding carboxylic acids is 1. The molecule has 1 aliphatic heterocycles. The largest absolute Gasteiger partial charge is 0.379 e. The fourth-order valence-corrected chi connectivity index (χ4v) is 5.30. The molecule has 0 saturated carbocycles. The maximum absolute atomic E-state index is 12.8. The molecule has 1 saturated heterocycles. The summed E-state index contributed by atoms with van der Waals surface area (Å²) in [4.78, 5) is 20.9. The second kappa shape index (κ2) is 10.5. The number of hydrogen-bond acceptors (Lipinski definition) is 5. The van der Waals surface area contributed by atoms with Crippen LogP contribution in [-0.4, -0.2) is 54.9 Å². The van der Waals surface area contributed by atoms with Crippen LogP contribution in [0, 0.1) is 5.92 Å². The Morgan fingerprint density at radius 1 is 1.18 bits per heavy atom. The number of amides is 1. The Kier molecular flexibility index (Phi) is 7.45. The molecular weight excluding hydrogens is 452 g/mol. The summed E-state index contributed by atoms with van der Waals surface area (Å²) in [7, 11) is -3.54. The van der Waals surface area contributed by atoms with Gasteiger partial charge in [-0.3, -0.25) is 4.79 Å². The van der Waals surface area contributed by atoms with E-state index in [0.29, 0.717) is 26.3 Å². The SMILES string of the molecule is CCC(C)C(NC(=O)/C=C/c1ccc(S(=O)(=O)N2CCOCC2)cc1)c1nc2ccccc2[nH]1. The molecule has 34 heavy (non-hydrogen) atoms. The topological polar surface area (TPSA) is 104 Å². The normalized spacial score (nSPS) is 17.1. The number of aromatic nitrogens is 2. The molecule has 0 aliphatic carbocycles. The number of fused-ring (bicyclic) bond motifs is 1. The van der Waals surface area contributed by atoms with Gasteiger partial charge in [0.15, 0.2) is 0 Å². The first-order chi connectivity index (χ1) is 16.4. The molecule has 1 aromatic heterocycles. The standard InChI is InChI=1S/C25H30N4O4S/c1-3-18(2)24(25-26-21-6-4-5-7-22(21)27-25)28-23(30)13-10-19-8-11-20(12-9-19)34(31,32)29-14-16-33-17-15-29/h4-13,18,24H,3,14-17H2,1-2H3,(H,26,27)(H,28,30)/b13-10+. The fraction of sp³-hybridized carbons (Fsp3) is 0.360. The summed E-state index contributed by atoms with van der Waals surface area (Å²) < 4.78 is 32.2. The number of ether oxygens (including phenoxy) is 1. The Bertz CT molecular complexity index is 1230. The Morgan fingerprint density at radius 2 is 1.88 bits per heavy atom. The molecule has 180 valence electrons. The number of imidazole rings is 1. The number of sulfonamides is 1. The van der Waals surface area contributed by atoms with E-state index in [2.05, 4.69) is 29.1 Å². The van der Waals surface area contributed by atoms with Crippen LogP contribution in [-0.2, 0) is 19.6 Å². The molecule has 0 bridgehead atoms. The summed E-state index contributed by atoms with van der Waals surface area (Å²) >= 11 is 0. The van der Waals surface area contributed by atoms with E-state index in [9.17, 15) is 13.2 Å². The zero-order valence-corrected chi connectivity index (χ0v) is 20.2. The lowest BCUT2D eigenvalue weighted by atomic mass is 9.98. The van der Waals surface area contributed by atoms with Gasteiger partial charge >= 0.3 is 0 Å². The highest BCUT2D eigenvalue weighted by atomic mass is 32.2. The summed E-state index contributed by atoms with van der Waals surface area (Å²) in [5.74, 6) is 0.674. The zero-order chi connectivity index (χ0) is 24.1. The number of nitrogens with zero attached hydrogens (tertiary/aromatic N) is 2. The molecule has 0 spiro atoms. The number of para-hydroxylation sites is 2. The molecule has 3 aromatic rings. The molecule has 2 heterocycles. The van der Waals surface area contributed by atoms with Gasteiger partial charge in [-0.1, -0.05) is 44.5 Å². The number of hydrogen-bond donors (Lipinski definition) is 2. The molecule has 1 fully saturated rings.